The van der Waals surface area contributed by atoms with Gasteiger partial charge in [0.25, 0.3) is 5.91 Å². The lowest BCUT2D eigenvalue weighted by Gasteiger charge is -2.41. The number of nitrogens with one attached hydrogen (secondary N) is 2. The molecule has 6 rings (SSSR count). The summed E-state index contributed by atoms with van der Waals surface area (Å²) in [6.45, 7) is 0. The predicted molar refractivity (Wildman–Crippen MR) is 132 cm³/mol. The lowest BCUT2D eigenvalue weighted by Crippen LogP contribution is -2.47. The minimum atomic E-state index is -0.942. The van der Waals surface area contributed by atoms with Crippen molar-refractivity contribution in [2.24, 2.45) is 23.7 Å². The molecule has 1 aromatic heterocycles. The topological polar surface area (TPSA) is 114 Å². The number of carboxylic acids is 1. The number of amides is 2. The van der Waals surface area contributed by atoms with Crippen molar-refractivity contribution in [2.75, 3.05) is 24.9 Å². The summed E-state index contributed by atoms with van der Waals surface area (Å²) in [6, 6.07) is 5.13. The van der Waals surface area contributed by atoms with Crippen LogP contribution in [-0.2, 0) is 22.4 Å². The Hall–Kier alpha value is -3.33. The van der Waals surface area contributed by atoms with Crippen molar-refractivity contribution in [1.82, 2.24) is 0 Å². The van der Waals surface area contributed by atoms with Crippen LogP contribution in [0.2, 0.25) is 0 Å². The zero-order chi connectivity index (χ0) is 24.7. The Bertz CT molecular complexity index is 1220. The van der Waals surface area contributed by atoms with Crippen molar-refractivity contribution in [3.63, 3.8) is 0 Å². The molecule has 0 aliphatic heterocycles. The molecule has 184 valence electrons. The first-order chi connectivity index (χ1) is 16.9. The lowest BCUT2D eigenvalue weighted by atomic mass is 9.62. The minimum Gasteiger partial charge on any atom is -0.497 e. The highest BCUT2D eigenvalue weighted by Gasteiger charge is 2.48. The Morgan fingerprint density at radius 1 is 1.00 bits per heavy atom. The number of thiophene rings is 1. The van der Waals surface area contributed by atoms with E-state index in [1.165, 1.54) is 18.4 Å². The number of hydrogen-bond donors (Lipinski definition) is 3. The molecule has 9 heteroatoms. The zero-order valence-electron chi connectivity index (χ0n) is 19.6. The van der Waals surface area contributed by atoms with Gasteiger partial charge in [-0.3, -0.25) is 14.4 Å². The first-order valence-corrected chi connectivity index (χ1v) is 12.6. The quantitative estimate of drug-likeness (QED) is 0.491. The Kier molecular flexibility index (Phi) is 6.27. The van der Waals surface area contributed by atoms with Crippen LogP contribution >= 0.6 is 11.3 Å². The smallest absolute Gasteiger partial charge is 0.307 e. The van der Waals surface area contributed by atoms with E-state index < -0.39 is 17.8 Å². The number of anilines is 2. The highest BCUT2D eigenvalue weighted by Crippen LogP contribution is 2.46. The summed E-state index contributed by atoms with van der Waals surface area (Å²) in [6.07, 6.45) is 8.09. The number of methoxy groups -OCH3 is 2. The van der Waals surface area contributed by atoms with Gasteiger partial charge in [-0.25, -0.2) is 0 Å². The van der Waals surface area contributed by atoms with E-state index in [9.17, 15) is 19.5 Å². The van der Waals surface area contributed by atoms with Crippen molar-refractivity contribution in [2.45, 2.75) is 32.1 Å². The van der Waals surface area contributed by atoms with Gasteiger partial charge >= 0.3 is 5.97 Å². The molecule has 2 aromatic rings. The molecule has 0 unspecified atom stereocenters. The Morgan fingerprint density at radius 3 is 2.40 bits per heavy atom. The number of aryl methyl sites for hydroxylation is 1. The van der Waals surface area contributed by atoms with Crippen molar-refractivity contribution in [3.8, 4) is 11.5 Å². The monoisotopic (exact) mass is 496 g/mol. The molecule has 4 atom stereocenters. The molecule has 1 aromatic carbocycles. The number of aliphatic carboxylic acids is 1. The second-order valence-electron chi connectivity index (χ2n) is 9.25. The van der Waals surface area contributed by atoms with Crippen LogP contribution in [0.25, 0.3) is 0 Å². The van der Waals surface area contributed by atoms with E-state index in [-0.39, 0.29) is 23.7 Å². The fourth-order valence-electron chi connectivity index (χ4n) is 5.70. The van der Waals surface area contributed by atoms with Crippen LogP contribution < -0.4 is 20.1 Å². The molecule has 0 saturated heterocycles. The molecule has 35 heavy (non-hydrogen) atoms. The van der Waals surface area contributed by atoms with Gasteiger partial charge in [0, 0.05) is 10.9 Å². The van der Waals surface area contributed by atoms with E-state index in [2.05, 4.69) is 10.6 Å². The highest BCUT2D eigenvalue weighted by atomic mass is 32.1. The molecule has 4 aliphatic carbocycles. The number of fused-ring (bicyclic) bond motifs is 3. The summed E-state index contributed by atoms with van der Waals surface area (Å²) in [7, 11) is 3.07. The van der Waals surface area contributed by atoms with Gasteiger partial charge in [-0.15, -0.1) is 11.3 Å². The van der Waals surface area contributed by atoms with Gasteiger partial charge in [0.2, 0.25) is 5.91 Å². The van der Waals surface area contributed by atoms with E-state index in [0.717, 1.165) is 42.5 Å². The number of allylic oxidation sites excluding steroid dienone is 2. The van der Waals surface area contributed by atoms with Gasteiger partial charge in [0.1, 0.15) is 16.5 Å². The van der Waals surface area contributed by atoms with E-state index in [1.807, 2.05) is 12.2 Å². The summed E-state index contributed by atoms with van der Waals surface area (Å²) < 4.78 is 10.6. The summed E-state index contributed by atoms with van der Waals surface area (Å²) in [5, 5.41) is 16.2. The van der Waals surface area contributed by atoms with Crippen LogP contribution in [0.3, 0.4) is 0 Å². The second kappa shape index (κ2) is 9.37. The van der Waals surface area contributed by atoms with Crippen LogP contribution in [-0.4, -0.2) is 37.1 Å². The lowest BCUT2D eigenvalue weighted by molar-refractivity contribution is -0.151. The van der Waals surface area contributed by atoms with Crippen LogP contribution in [0.15, 0.2) is 30.4 Å². The van der Waals surface area contributed by atoms with Gasteiger partial charge < -0.3 is 25.2 Å². The molecular weight excluding hydrogens is 468 g/mol. The fourth-order valence-corrected chi connectivity index (χ4v) is 6.99. The number of carbonyl (C=O) groups is 3. The summed E-state index contributed by atoms with van der Waals surface area (Å²) in [5.74, 6) is -2.16. The summed E-state index contributed by atoms with van der Waals surface area (Å²) >= 11 is 1.42. The number of carboxylic acid groups (broad SMARTS) is 1. The van der Waals surface area contributed by atoms with Gasteiger partial charge in [-0.2, -0.15) is 0 Å². The van der Waals surface area contributed by atoms with Crippen LogP contribution in [0.5, 0.6) is 11.5 Å². The number of ether oxygens (including phenoxy) is 2. The molecule has 1 saturated carbocycles. The molecule has 2 amide bonds. The van der Waals surface area contributed by atoms with Gasteiger partial charge in [-0.1, -0.05) is 12.2 Å². The van der Waals surface area contributed by atoms with Gasteiger partial charge in [0.15, 0.2) is 0 Å². The Balaban J connectivity index is 1.43. The first-order valence-electron chi connectivity index (χ1n) is 11.8. The number of benzene rings is 1. The Morgan fingerprint density at radius 2 is 1.74 bits per heavy atom. The van der Waals surface area contributed by atoms with Crippen molar-refractivity contribution >= 4 is 39.8 Å². The minimum absolute atomic E-state index is 0.103. The van der Waals surface area contributed by atoms with E-state index in [0.29, 0.717) is 27.8 Å². The maximum atomic E-state index is 13.5. The number of carbonyl (C=O) groups excluding carboxylic acids is 2. The number of hydrogen-bond acceptors (Lipinski definition) is 6. The van der Waals surface area contributed by atoms with Crippen molar-refractivity contribution in [3.05, 3.63) is 46.4 Å². The molecule has 2 bridgehead atoms. The fraction of sp³-hybridized carbons (Fsp3) is 0.423. The van der Waals surface area contributed by atoms with Crippen molar-refractivity contribution in [1.29, 1.82) is 0 Å². The first kappa shape index (κ1) is 23.4. The molecule has 1 fully saturated rings. The standard InChI is InChI=1S/C26H28N2O6S/c1-33-15-10-11-17(18(12-15)34-2)27-24(30)22-16-4-3-5-19(16)35-25(22)28-23(29)20-13-6-8-14(9-7-13)21(20)26(31)32/h6,8,10-14,20-21H,3-5,7,9H2,1-2H3,(H,27,30)(H,28,29)(H,31,32)/t13-,14+,20-,21+/m1/s1. The maximum absolute atomic E-state index is 13.5. The normalized spacial score (nSPS) is 24.1. The maximum Gasteiger partial charge on any atom is 0.307 e. The highest BCUT2D eigenvalue weighted by molar-refractivity contribution is 7.17. The Labute approximate surface area is 207 Å². The summed E-state index contributed by atoms with van der Waals surface area (Å²) in [5.41, 5.74) is 1.90. The molecule has 4 aliphatic rings. The third-order valence-electron chi connectivity index (χ3n) is 7.38. The average molecular weight is 497 g/mol. The SMILES string of the molecule is COc1ccc(NC(=O)c2c(NC(=O)[C@H]3[C@@H](C(=O)O)[C@H]4C=C[C@@H]3CC4)sc3c2CCC3)c(OC)c1. The van der Waals surface area contributed by atoms with Crippen LogP contribution in [0.4, 0.5) is 10.7 Å². The molecular formula is C26H28N2O6S. The van der Waals surface area contributed by atoms with E-state index >= 15 is 0 Å². The molecule has 1 heterocycles. The van der Waals surface area contributed by atoms with Gasteiger partial charge in [-0.05, 0) is 61.6 Å². The number of rotatable bonds is 7. The average Bonchev–Trinajstić information content (AvgIpc) is 3.45. The van der Waals surface area contributed by atoms with Crippen LogP contribution in [0.1, 0.15) is 40.1 Å². The molecule has 0 radical (unpaired) electrons. The third-order valence-corrected chi connectivity index (χ3v) is 8.59. The summed E-state index contributed by atoms with van der Waals surface area (Å²) in [4.78, 5) is 40.0. The van der Waals surface area contributed by atoms with Gasteiger partial charge in [0.05, 0.1) is 37.3 Å². The largest absolute Gasteiger partial charge is 0.497 e. The van der Waals surface area contributed by atoms with Crippen molar-refractivity contribution < 1.29 is 29.0 Å². The molecule has 0 spiro atoms. The van der Waals surface area contributed by atoms with Crippen LogP contribution in [0, 0.1) is 23.7 Å². The zero-order valence-corrected chi connectivity index (χ0v) is 20.4. The second-order valence-corrected chi connectivity index (χ2v) is 10.4. The molecule has 3 N–H and O–H groups in total. The third kappa shape index (κ3) is 4.18. The molecule has 8 nitrogen and oxygen atoms in total. The van der Waals surface area contributed by atoms with E-state index in [1.54, 1.807) is 25.3 Å². The predicted octanol–water partition coefficient (Wildman–Crippen LogP) is 4.36. The van der Waals surface area contributed by atoms with E-state index in [4.69, 9.17) is 9.47 Å².